The Balaban J connectivity index is 2.20. The Kier molecular flexibility index (Phi) is 3.41. The van der Waals surface area contributed by atoms with Crippen molar-refractivity contribution in [3.8, 4) is 6.07 Å². The highest BCUT2D eigenvalue weighted by Crippen LogP contribution is 2.15. The highest BCUT2D eigenvalue weighted by molar-refractivity contribution is 5.41. The van der Waals surface area contributed by atoms with Gasteiger partial charge in [-0.1, -0.05) is 6.07 Å². The molecule has 0 amide bonds. The van der Waals surface area contributed by atoms with Crippen molar-refractivity contribution < 1.29 is 4.42 Å². The van der Waals surface area contributed by atoms with E-state index in [1.807, 2.05) is 37.3 Å². The molecule has 4 nitrogen and oxygen atoms in total. The summed E-state index contributed by atoms with van der Waals surface area (Å²) in [6.45, 7) is 3.51. The topological polar surface area (TPSA) is 53.1 Å². The summed E-state index contributed by atoms with van der Waals surface area (Å²) in [6.07, 6.45) is 1.66. The van der Waals surface area contributed by atoms with Gasteiger partial charge in [0.25, 0.3) is 0 Å². The van der Waals surface area contributed by atoms with Crippen LogP contribution in [-0.4, -0.2) is 11.5 Å². The summed E-state index contributed by atoms with van der Waals surface area (Å²) in [5.74, 6) is 1.68. The number of pyridine rings is 1. The first-order chi connectivity index (χ1) is 8.33. The first-order valence-corrected chi connectivity index (χ1v) is 5.48. The van der Waals surface area contributed by atoms with Gasteiger partial charge in [-0.15, -0.1) is 0 Å². The first-order valence-electron chi connectivity index (χ1n) is 5.48. The SMILES string of the molecule is CCN(Cc1ccco1)c1cccc(C#N)n1. The van der Waals surface area contributed by atoms with Gasteiger partial charge in [0, 0.05) is 6.54 Å². The number of aromatic nitrogens is 1. The number of anilines is 1. The van der Waals surface area contributed by atoms with E-state index >= 15 is 0 Å². The van der Waals surface area contributed by atoms with Gasteiger partial charge in [-0.3, -0.25) is 0 Å². The van der Waals surface area contributed by atoms with Crippen molar-refractivity contribution in [3.63, 3.8) is 0 Å². The van der Waals surface area contributed by atoms with Crippen LogP contribution in [0.2, 0.25) is 0 Å². The molecule has 0 aliphatic carbocycles. The molecule has 0 saturated carbocycles. The molecule has 0 aromatic carbocycles. The predicted octanol–water partition coefficient (Wildman–Crippen LogP) is 2.57. The Hall–Kier alpha value is -2.28. The van der Waals surface area contributed by atoms with Gasteiger partial charge in [0.05, 0.1) is 12.8 Å². The van der Waals surface area contributed by atoms with Crippen molar-refractivity contribution in [2.24, 2.45) is 0 Å². The Morgan fingerprint density at radius 3 is 2.88 bits per heavy atom. The molecule has 0 radical (unpaired) electrons. The van der Waals surface area contributed by atoms with Crippen LogP contribution < -0.4 is 4.90 Å². The molecule has 0 spiro atoms. The van der Waals surface area contributed by atoms with Crippen molar-refractivity contribution in [2.45, 2.75) is 13.5 Å². The lowest BCUT2D eigenvalue weighted by Gasteiger charge is -2.20. The maximum absolute atomic E-state index is 8.82. The highest BCUT2D eigenvalue weighted by atomic mass is 16.3. The van der Waals surface area contributed by atoms with Crippen LogP contribution in [0, 0.1) is 11.3 Å². The quantitative estimate of drug-likeness (QED) is 0.805. The van der Waals surface area contributed by atoms with Crippen LogP contribution in [0.5, 0.6) is 0 Å². The molecule has 0 unspecified atom stereocenters. The van der Waals surface area contributed by atoms with E-state index in [4.69, 9.17) is 9.68 Å². The normalized spacial score (nSPS) is 9.88. The lowest BCUT2D eigenvalue weighted by atomic mass is 10.3. The van der Waals surface area contributed by atoms with Gasteiger partial charge < -0.3 is 9.32 Å². The van der Waals surface area contributed by atoms with Crippen LogP contribution in [-0.2, 0) is 6.54 Å². The second kappa shape index (κ2) is 5.17. The smallest absolute Gasteiger partial charge is 0.142 e. The lowest BCUT2D eigenvalue weighted by Crippen LogP contribution is -2.22. The Bertz CT molecular complexity index is 514. The molecule has 4 heteroatoms. The largest absolute Gasteiger partial charge is 0.467 e. The van der Waals surface area contributed by atoms with Gasteiger partial charge >= 0.3 is 0 Å². The minimum atomic E-state index is 0.431. The molecule has 2 heterocycles. The number of hydrogen-bond donors (Lipinski definition) is 0. The van der Waals surface area contributed by atoms with E-state index in [1.54, 1.807) is 12.3 Å². The van der Waals surface area contributed by atoms with Crippen molar-refractivity contribution in [1.29, 1.82) is 5.26 Å². The minimum absolute atomic E-state index is 0.431. The molecule has 0 aliphatic rings. The van der Waals surface area contributed by atoms with E-state index in [9.17, 15) is 0 Å². The number of rotatable bonds is 4. The summed E-state index contributed by atoms with van der Waals surface area (Å²) < 4.78 is 5.31. The molecule has 0 atom stereocenters. The van der Waals surface area contributed by atoms with Crippen molar-refractivity contribution >= 4 is 5.82 Å². The molecule has 0 N–H and O–H groups in total. The van der Waals surface area contributed by atoms with Crippen LogP contribution in [0.25, 0.3) is 0 Å². The van der Waals surface area contributed by atoms with E-state index in [2.05, 4.69) is 9.88 Å². The minimum Gasteiger partial charge on any atom is -0.467 e. The van der Waals surface area contributed by atoms with Gasteiger partial charge in [0.2, 0.25) is 0 Å². The van der Waals surface area contributed by atoms with E-state index < -0.39 is 0 Å². The fraction of sp³-hybridized carbons (Fsp3) is 0.231. The molecule has 86 valence electrons. The van der Waals surface area contributed by atoms with Crippen LogP contribution in [0.3, 0.4) is 0 Å². The molecular formula is C13H13N3O. The summed E-state index contributed by atoms with van der Waals surface area (Å²) >= 11 is 0. The zero-order chi connectivity index (χ0) is 12.1. The number of nitrogens with zero attached hydrogens (tertiary/aromatic N) is 3. The zero-order valence-electron chi connectivity index (χ0n) is 9.63. The Labute approximate surface area is 100 Å². The van der Waals surface area contributed by atoms with Gasteiger partial charge in [-0.05, 0) is 31.2 Å². The first kappa shape index (κ1) is 11.2. The number of hydrogen-bond acceptors (Lipinski definition) is 4. The van der Waals surface area contributed by atoms with Crippen LogP contribution in [0.4, 0.5) is 5.82 Å². The molecule has 0 aliphatic heterocycles. The van der Waals surface area contributed by atoms with E-state index in [-0.39, 0.29) is 0 Å². The van der Waals surface area contributed by atoms with Crippen LogP contribution in [0.15, 0.2) is 41.0 Å². The summed E-state index contributed by atoms with van der Waals surface area (Å²) in [6, 6.07) is 11.3. The molecule has 17 heavy (non-hydrogen) atoms. The Morgan fingerprint density at radius 1 is 1.35 bits per heavy atom. The average molecular weight is 227 g/mol. The third-order valence-corrected chi connectivity index (χ3v) is 2.48. The van der Waals surface area contributed by atoms with Crippen molar-refractivity contribution in [1.82, 2.24) is 4.98 Å². The molecule has 0 fully saturated rings. The standard InChI is InChI=1S/C13H13N3O/c1-2-16(10-12-6-4-8-17-12)13-7-3-5-11(9-14)15-13/h3-8H,2,10H2,1H3. The Morgan fingerprint density at radius 2 is 2.24 bits per heavy atom. The predicted molar refractivity (Wildman–Crippen MR) is 64.4 cm³/mol. The lowest BCUT2D eigenvalue weighted by molar-refractivity contribution is 0.503. The van der Waals surface area contributed by atoms with Gasteiger partial charge in [-0.2, -0.15) is 5.26 Å². The fourth-order valence-corrected chi connectivity index (χ4v) is 1.61. The fourth-order valence-electron chi connectivity index (χ4n) is 1.61. The third kappa shape index (κ3) is 2.64. The van der Waals surface area contributed by atoms with E-state index in [0.29, 0.717) is 12.2 Å². The molecule has 2 aromatic heterocycles. The highest BCUT2D eigenvalue weighted by Gasteiger charge is 2.08. The van der Waals surface area contributed by atoms with Crippen LogP contribution >= 0.6 is 0 Å². The second-order valence-electron chi connectivity index (χ2n) is 3.59. The van der Waals surface area contributed by atoms with Crippen molar-refractivity contribution in [2.75, 3.05) is 11.4 Å². The summed E-state index contributed by atoms with van der Waals surface area (Å²) in [5, 5.41) is 8.82. The zero-order valence-corrected chi connectivity index (χ0v) is 9.63. The maximum Gasteiger partial charge on any atom is 0.142 e. The molecule has 2 rings (SSSR count). The molecule has 0 saturated heterocycles. The molecule has 0 bridgehead atoms. The molecular weight excluding hydrogens is 214 g/mol. The third-order valence-electron chi connectivity index (χ3n) is 2.48. The number of furan rings is 1. The maximum atomic E-state index is 8.82. The average Bonchev–Trinajstić information content (AvgIpc) is 2.89. The van der Waals surface area contributed by atoms with E-state index in [1.165, 1.54) is 0 Å². The van der Waals surface area contributed by atoms with E-state index in [0.717, 1.165) is 18.1 Å². The van der Waals surface area contributed by atoms with Crippen molar-refractivity contribution in [3.05, 3.63) is 48.0 Å². The van der Waals surface area contributed by atoms with Crippen LogP contribution in [0.1, 0.15) is 18.4 Å². The summed E-state index contributed by atoms with van der Waals surface area (Å²) in [4.78, 5) is 6.32. The second-order valence-corrected chi connectivity index (χ2v) is 3.59. The summed E-state index contributed by atoms with van der Waals surface area (Å²) in [5.41, 5.74) is 0.431. The molecule has 2 aromatic rings. The van der Waals surface area contributed by atoms with Gasteiger partial charge in [0.15, 0.2) is 0 Å². The van der Waals surface area contributed by atoms with Gasteiger partial charge in [-0.25, -0.2) is 4.98 Å². The summed E-state index contributed by atoms with van der Waals surface area (Å²) in [7, 11) is 0. The van der Waals surface area contributed by atoms with Gasteiger partial charge in [0.1, 0.15) is 23.3 Å². The monoisotopic (exact) mass is 227 g/mol. The number of nitriles is 1.